The van der Waals surface area contributed by atoms with Gasteiger partial charge in [0, 0.05) is 6.04 Å². The molecule has 13 heteroatoms. The monoisotopic (exact) mass is 466 g/mol. The fourth-order valence-electron chi connectivity index (χ4n) is 3.53. The molecule has 0 aliphatic carbocycles. The quantitative estimate of drug-likeness (QED) is 0.531. The van der Waals surface area contributed by atoms with Gasteiger partial charge >= 0.3 is 5.97 Å². The number of nitrogens with zero attached hydrogens (tertiary/aromatic N) is 1. The Morgan fingerprint density at radius 1 is 1.10 bits per heavy atom. The maximum atomic E-state index is 13.4. The zero-order valence-electron chi connectivity index (χ0n) is 15.6. The van der Waals surface area contributed by atoms with Gasteiger partial charge in [0.05, 0.1) is 39.5 Å². The Labute approximate surface area is 169 Å². The van der Waals surface area contributed by atoms with Crippen LogP contribution in [0, 0.1) is 6.92 Å². The second-order valence-corrected chi connectivity index (χ2v) is 13.6. The lowest BCUT2D eigenvalue weighted by Crippen LogP contribution is -2.54. The molecular formula is C16H22N2O8S3. The molecule has 2 fully saturated rings. The van der Waals surface area contributed by atoms with Crippen LogP contribution in [-0.2, 0) is 29.7 Å². The number of hydrazine groups is 1. The van der Waals surface area contributed by atoms with Gasteiger partial charge in [0.1, 0.15) is 0 Å². The first-order valence-electron chi connectivity index (χ1n) is 8.86. The summed E-state index contributed by atoms with van der Waals surface area (Å²) in [5.41, 5.74) is 2.79. The number of carbonyl (C=O) groups is 1. The number of carboxylic acids is 1. The molecule has 0 spiro atoms. The first-order chi connectivity index (χ1) is 13.3. The van der Waals surface area contributed by atoms with Crippen molar-refractivity contribution < 1.29 is 35.2 Å². The number of benzene rings is 1. The third kappa shape index (κ3) is 4.79. The molecule has 0 saturated carbocycles. The van der Waals surface area contributed by atoms with Gasteiger partial charge in [0.25, 0.3) is 10.0 Å². The van der Waals surface area contributed by atoms with Crippen molar-refractivity contribution in [1.29, 1.82) is 0 Å². The van der Waals surface area contributed by atoms with E-state index in [-0.39, 0.29) is 40.6 Å². The van der Waals surface area contributed by atoms with Crippen molar-refractivity contribution in [3.8, 4) is 0 Å². The van der Waals surface area contributed by atoms with Crippen LogP contribution in [0.25, 0.3) is 0 Å². The molecule has 2 saturated heterocycles. The third-order valence-corrected chi connectivity index (χ3v) is 10.5. The molecule has 162 valence electrons. The Morgan fingerprint density at radius 3 is 2.24 bits per heavy atom. The molecule has 2 heterocycles. The van der Waals surface area contributed by atoms with Gasteiger partial charge in [-0.15, -0.1) is 4.41 Å². The average Bonchev–Trinajstić information content (AvgIpc) is 3.13. The van der Waals surface area contributed by atoms with Crippen LogP contribution >= 0.6 is 0 Å². The number of aromatic carboxylic acids is 1. The molecule has 10 nitrogen and oxygen atoms in total. The van der Waals surface area contributed by atoms with Crippen LogP contribution in [-0.4, -0.2) is 75.8 Å². The minimum absolute atomic E-state index is 0.0612. The number of nitrogens with one attached hydrogen (secondary N) is 1. The standard InChI is InChI=1S/C16H22N2O8S3/c1-11-2-3-12(16(19)20)8-15(11)29(25,26)18(14-5-7-28(23,24)10-14)17-13-4-6-27(21,22)9-13/h2-3,8,13-14,17H,4-7,9-10H2,1H3,(H,19,20)/t13-,14-/m0/s1. The van der Waals surface area contributed by atoms with Crippen LogP contribution in [0.5, 0.6) is 0 Å². The Kier molecular flexibility index (Phi) is 5.82. The summed E-state index contributed by atoms with van der Waals surface area (Å²) in [5, 5.41) is 9.20. The fourth-order valence-corrected chi connectivity index (χ4v) is 8.81. The van der Waals surface area contributed by atoms with E-state index in [1.807, 2.05) is 0 Å². The van der Waals surface area contributed by atoms with Gasteiger partial charge < -0.3 is 5.11 Å². The lowest BCUT2D eigenvalue weighted by molar-refractivity contribution is 0.0696. The number of hydrogen-bond acceptors (Lipinski definition) is 8. The molecule has 29 heavy (non-hydrogen) atoms. The Balaban J connectivity index is 2.03. The maximum Gasteiger partial charge on any atom is 0.335 e. The summed E-state index contributed by atoms with van der Waals surface area (Å²) in [7, 11) is -11.1. The van der Waals surface area contributed by atoms with Crippen LogP contribution in [0.15, 0.2) is 23.1 Å². The fraction of sp³-hybridized carbons (Fsp3) is 0.562. The van der Waals surface area contributed by atoms with Crippen LogP contribution in [0.4, 0.5) is 0 Å². The lowest BCUT2D eigenvalue weighted by Gasteiger charge is -2.31. The number of hydrogen-bond donors (Lipinski definition) is 2. The maximum absolute atomic E-state index is 13.4. The zero-order valence-corrected chi connectivity index (χ0v) is 18.1. The second kappa shape index (κ2) is 7.61. The summed E-state index contributed by atoms with van der Waals surface area (Å²) in [5.74, 6) is -2.22. The smallest absolute Gasteiger partial charge is 0.335 e. The first-order valence-corrected chi connectivity index (χ1v) is 13.9. The van der Waals surface area contributed by atoms with Gasteiger partial charge in [-0.25, -0.2) is 35.5 Å². The van der Waals surface area contributed by atoms with Crippen LogP contribution in [0.1, 0.15) is 28.8 Å². The van der Waals surface area contributed by atoms with Crippen molar-refractivity contribution in [1.82, 2.24) is 9.84 Å². The minimum Gasteiger partial charge on any atom is -0.478 e. The molecule has 0 radical (unpaired) electrons. The van der Waals surface area contributed by atoms with E-state index in [0.717, 1.165) is 10.5 Å². The van der Waals surface area contributed by atoms with Crippen molar-refractivity contribution in [2.75, 3.05) is 23.0 Å². The van der Waals surface area contributed by atoms with Crippen LogP contribution < -0.4 is 5.43 Å². The Bertz CT molecular complexity index is 1140. The SMILES string of the molecule is Cc1ccc(C(=O)O)cc1S(=O)(=O)N(N[C@H]1CCS(=O)(=O)C1)[C@H]1CCS(=O)(=O)C1. The number of rotatable bonds is 6. The summed E-state index contributed by atoms with van der Waals surface area (Å²) in [6, 6.07) is 2.07. The van der Waals surface area contributed by atoms with E-state index in [2.05, 4.69) is 5.43 Å². The van der Waals surface area contributed by atoms with E-state index < -0.39 is 53.5 Å². The number of sulfone groups is 2. The van der Waals surface area contributed by atoms with E-state index in [1.165, 1.54) is 19.1 Å². The predicted octanol–water partition coefficient (Wildman–Crippen LogP) is -0.437. The van der Waals surface area contributed by atoms with Crippen LogP contribution in [0.3, 0.4) is 0 Å². The summed E-state index contributed by atoms with van der Waals surface area (Å²) >= 11 is 0. The molecule has 0 bridgehead atoms. The van der Waals surface area contributed by atoms with E-state index >= 15 is 0 Å². The lowest BCUT2D eigenvalue weighted by atomic mass is 10.1. The van der Waals surface area contributed by atoms with E-state index in [1.54, 1.807) is 0 Å². The van der Waals surface area contributed by atoms with E-state index in [0.29, 0.717) is 5.56 Å². The number of sulfonamides is 1. The van der Waals surface area contributed by atoms with Crippen molar-refractivity contribution in [2.45, 2.75) is 36.7 Å². The molecule has 1 aromatic rings. The Morgan fingerprint density at radius 2 is 1.72 bits per heavy atom. The molecule has 0 amide bonds. The van der Waals surface area contributed by atoms with Gasteiger partial charge in [-0.05, 0) is 37.5 Å². The molecule has 2 aliphatic rings. The largest absolute Gasteiger partial charge is 0.478 e. The molecule has 0 unspecified atom stereocenters. The molecular weight excluding hydrogens is 444 g/mol. The van der Waals surface area contributed by atoms with Crippen molar-refractivity contribution >= 4 is 35.7 Å². The van der Waals surface area contributed by atoms with E-state index in [9.17, 15) is 35.2 Å². The predicted molar refractivity (Wildman–Crippen MR) is 104 cm³/mol. The summed E-state index contributed by atoms with van der Waals surface area (Å²) in [4.78, 5) is 11.0. The Hall–Kier alpha value is -1.54. The highest BCUT2D eigenvalue weighted by molar-refractivity contribution is 7.92. The van der Waals surface area contributed by atoms with Gasteiger partial charge in [-0.2, -0.15) is 0 Å². The van der Waals surface area contributed by atoms with Crippen molar-refractivity contribution in [3.63, 3.8) is 0 Å². The van der Waals surface area contributed by atoms with Gasteiger partial charge in [0.2, 0.25) is 0 Å². The molecule has 2 atom stereocenters. The van der Waals surface area contributed by atoms with Crippen LogP contribution in [0.2, 0.25) is 0 Å². The second-order valence-electron chi connectivity index (χ2n) is 7.37. The molecule has 1 aromatic carbocycles. The highest BCUT2D eigenvalue weighted by atomic mass is 32.2. The molecule has 2 aliphatic heterocycles. The number of aryl methyl sites for hydroxylation is 1. The average molecular weight is 467 g/mol. The highest BCUT2D eigenvalue weighted by Gasteiger charge is 2.42. The molecule has 2 N–H and O–H groups in total. The topological polar surface area (TPSA) is 155 Å². The normalized spacial score (nSPS) is 26.0. The van der Waals surface area contributed by atoms with Gasteiger partial charge in [0.15, 0.2) is 19.7 Å². The zero-order chi connectivity index (χ0) is 21.6. The summed E-state index contributed by atoms with van der Waals surface area (Å²) < 4.78 is 75.0. The molecule has 3 rings (SSSR count). The molecule has 0 aromatic heterocycles. The van der Waals surface area contributed by atoms with Crippen molar-refractivity contribution in [2.24, 2.45) is 0 Å². The van der Waals surface area contributed by atoms with Crippen molar-refractivity contribution in [3.05, 3.63) is 29.3 Å². The highest BCUT2D eigenvalue weighted by Crippen LogP contribution is 2.27. The van der Waals surface area contributed by atoms with Gasteiger partial charge in [-0.1, -0.05) is 6.07 Å². The first kappa shape index (κ1) is 22.2. The van der Waals surface area contributed by atoms with Gasteiger partial charge in [-0.3, -0.25) is 0 Å². The minimum atomic E-state index is -4.35. The third-order valence-electron chi connectivity index (χ3n) is 5.05. The van der Waals surface area contributed by atoms with E-state index in [4.69, 9.17) is 0 Å². The summed E-state index contributed by atoms with van der Waals surface area (Å²) in [6.45, 7) is 1.50. The summed E-state index contributed by atoms with van der Waals surface area (Å²) in [6.07, 6.45) is 0.258. The number of carboxylic acid groups (broad SMARTS) is 1.